The van der Waals surface area contributed by atoms with Crippen molar-refractivity contribution in [1.29, 1.82) is 0 Å². The SMILES string of the molecule is CCC(C(=O)NC)N(CCc1ccccc1)C(=O)CSCc1ccccc1C. The van der Waals surface area contributed by atoms with E-state index in [4.69, 9.17) is 0 Å². The van der Waals surface area contributed by atoms with Crippen LogP contribution < -0.4 is 5.32 Å². The first-order valence-corrected chi connectivity index (χ1v) is 10.9. The Labute approximate surface area is 172 Å². The van der Waals surface area contributed by atoms with Crippen molar-refractivity contribution in [3.05, 3.63) is 71.3 Å². The highest BCUT2D eigenvalue weighted by Gasteiger charge is 2.27. The van der Waals surface area contributed by atoms with Crippen LogP contribution in [-0.4, -0.2) is 42.1 Å². The van der Waals surface area contributed by atoms with E-state index in [1.807, 2.05) is 37.3 Å². The van der Waals surface area contributed by atoms with Gasteiger partial charge in [-0.25, -0.2) is 0 Å². The summed E-state index contributed by atoms with van der Waals surface area (Å²) in [7, 11) is 1.62. The van der Waals surface area contributed by atoms with Gasteiger partial charge in [0, 0.05) is 19.3 Å². The molecule has 2 aromatic rings. The summed E-state index contributed by atoms with van der Waals surface area (Å²) >= 11 is 1.60. The summed E-state index contributed by atoms with van der Waals surface area (Å²) in [6, 6.07) is 17.9. The van der Waals surface area contributed by atoms with Crippen LogP contribution in [0.15, 0.2) is 54.6 Å². The van der Waals surface area contributed by atoms with Crippen LogP contribution in [0, 0.1) is 6.92 Å². The van der Waals surface area contributed by atoms with Crippen molar-refractivity contribution in [2.45, 2.75) is 38.5 Å². The van der Waals surface area contributed by atoms with E-state index in [1.54, 1.807) is 23.7 Å². The minimum Gasteiger partial charge on any atom is -0.357 e. The van der Waals surface area contributed by atoms with E-state index in [1.165, 1.54) is 16.7 Å². The minimum atomic E-state index is -0.430. The zero-order valence-electron chi connectivity index (χ0n) is 17.0. The average Bonchev–Trinajstić information content (AvgIpc) is 2.72. The number of carbonyl (C=O) groups excluding carboxylic acids is 2. The van der Waals surface area contributed by atoms with Gasteiger partial charge < -0.3 is 10.2 Å². The highest BCUT2D eigenvalue weighted by Crippen LogP contribution is 2.18. The van der Waals surface area contributed by atoms with Gasteiger partial charge in [-0.3, -0.25) is 9.59 Å². The number of nitrogens with one attached hydrogen (secondary N) is 1. The molecule has 1 unspecified atom stereocenters. The maximum atomic E-state index is 13.0. The van der Waals surface area contributed by atoms with Gasteiger partial charge in [-0.2, -0.15) is 0 Å². The Morgan fingerprint density at radius 1 is 1.07 bits per heavy atom. The van der Waals surface area contributed by atoms with Crippen LogP contribution in [0.2, 0.25) is 0 Å². The smallest absolute Gasteiger partial charge is 0.242 e. The highest BCUT2D eigenvalue weighted by atomic mass is 32.2. The maximum absolute atomic E-state index is 13.0. The second kappa shape index (κ2) is 11.5. The van der Waals surface area contributed by atoms with Crippen LogP contribution in [0.3, 0.4) is 0 Å². The number of benzene rings is 2. The Morgan fingerprint density at radius 3 is 2.39 bits per heavy atom. The molecule has 0 saturated carbocycles. The summed E-state index contributed by atoms with van der Waals surface area (Å²) in [5.74, 6) is 1.08. The van der Waals surface area contributed by atoms with E-state index in [2.05, 4.69) is 36.5 Å². The molecule has 0 saturated heterocycles. The molecule has 1 atom stereocenters. The molecule has 0 aromatic heterocycles. The summed E-state index contributed by atoms with van der Waals surface area (Å²) in [6.07, 6.45) is 1.34. The van der Waals surface area contributed by atoms with E-state index in [-0.39, 0.29) is 11.8 Å². The minimum absolute atomic E-state index is 0.0185. The first-order chi connectivity index (χ1) is 13.6. The van der Waals surface area contributed by atoms with Crippen molar-refractivity contribution in [3.63, 3.8) is 0 Å². The molecule has 150 valence electrons. The predicted octanol–water partition coefficient (Wildman–Crippen LogP) is 3.82. The van der Waals surface area contributed by atoms with Gasteiger partial charge in [0.2, 0.25) is 11.8 Å². The standard InChI is InChI=1S/C23H30N2O2S/c1-4-21(23(27)24-3)25(15-14-19-11-6-5-7-12-19)22(26)17-28-16-20-13-9-8-10-18(20)2/h5-13,21H,4,14-17H2,1-3H3,(H,24,27). The molecule has 0 radical (unpaired) electrons. The van der Waals surface area contributed by atoms with Crippen molar-refractivity contribution in [3.8, 4) is 0 Å². The van der Waals surface area contributed by atoms with Gasteiger partial charge in [0.15, 0.2) is 0 Å². The van der Waals surface area contributed by atoms with E-state index >= 15 is 0 Å². The lowest BCUT2D eigenvalue weighted by molar-refractivity contribution is -0.138. The summed E-state index contributed by atoms with van der Waals surface area (Å²) < 4.78 is 0. The first-order valence-electron chi connectivity index (χ1n) is 9.74. The molecule has 0 fully saturated rings. The van der Waals surface area contributed by atoms with Crippen LogP contribution in [-0.2, 0) is 21.8 Å². The lowest BCUT2D eigenvalue weighted by Crippen LogP contribution is -2.50. The van der Waals surface area contributed by atoms with Crippen LogP contribution in [0.5, 0.6) is 0 Å². The van der Waals surface area contributed by atoms with E-state index in [0.29, 0.717) is 18.7 Å². The van der Waals surface area contributed by atoms with Crippen molar-refractivity contribution >= 4 is 23.6 Å². The fraction of sp³-hybridized carbons (Fsp3) is 0.391. The van der Waals surface area contributed by atoms with Gasteiger partial charge >= 0.3 is 0 Å². The number of likely N-dealkylation sites (N-methyl/N-ethyl adjacent to an activating group) is 1. The zero-order chi connectivity index (χ0) is 20.4. The quantitative estimate of drug-likeness (QED) is 0.662. The van der Waals surface area contributed by atoms with Gasteiger partial charge in [0.1, 0.15) is 6.04 Å². The molecule has 2 amide bonds. The number of amides is 2. The first kappa shape index (κ1) is 22.0. The molecular formula is C23H30N2O2S. The largest absolute Gasteiger partial charge is 0.357 e. The van der Waals surface area contributed by atoms with Crippen molar-refractivity contribution < 1.29 is 9.59 Å². The third kappa shape index (κ3) is 6.41. The monoisotopic (exact) mass is 398 g/mol. The molecule has 0 aliphatic carbocycles. The van der Waals surface area contributed by atoms with Crippen LogP contribution in [0.25, 0.3) is 0 Å². The molecule has 0 spiro atoms. The molecule has 5 heteroatoms. The number of hydrogen-bond acceptors (Lipinski definition) is 3. The Hall–Kier alpha value is -2.27. The predicted molar refractivity (Wildman–Crippen MR) is 117 cm³/mol. The topological polar surface area (TPSA) is 49.4 Å². The number of carbonyl (C=O) groups is 2. The molecule has 2 aromatic carbocycles. The molecule has 0 aliphatic heterocycles. The Kier molecular flexibility index (Phi) is 9.08. The number of thioether (sulfide) groups is 1. The number of aryl methyl sites for hydroxylation is 1. The fourth-order valence-corrected chi connectivity index (χ4v) is 4.15. The van der Waals surface area contributed by atoms with E-state index < -0.39 is 6.04 Å². The molecule has 4 nitrogen and oxygen atoms in total. The lowest BCUT2D eigenvalue weighted by atomic mass is 10.1. The fourth-order valence-electron chi connectivity index (χ4n) is 3.17. The van der Waals surface area contributed by atoms with Gasteiger partial charge in [0.25, 0.3) is 0 Å². The van der Waals surface area contributed by atoms with Gasteiger partial charge in [-0.05, 0) is 36.5 Å². The maximum Gasteiger partial charge on any atom is 0.242 e. The summed E-state index contributed by atoms with van der Waals surface area (Å²) in [5, 5.41) is 2.70. The number of nitrogens with zero attached hydrogens (tertiary/aromatic N) is 1. The molecule has 2 rings (SSSR count). The van der Waals surface area contributed by atoms with Crippen molar-refractivity contribution in [2.75, 3.05) is 19.3 Å². The Bertz CT molecular complexity index is 764. The molecule has 0 heterocycles. The van der Waals surface area contributed by atoms with Gasteiger partial charge in [-0.1, -0.05) is 61.5 Å². The Morgan fingerprint density at radius 2 is 1.75 bits per heavy atom. The summed E-state index contributed by atoms with van der Waals surface area (Å²) in [6.45, 7) is 4.57. The summed E-state index contributed by atoms with van der Waals surface area (Å²) in [5.41, 5.74) is 3.65. The molecule has 0 bridgehead atoms. The highest BCUT2D eigenvalue weighted by molar-refractivity contribution is 7.99. The molecular weight excluding hydrogens is 368 g/mol. The van der Waals surface area contributed by atoms with Crippen LogP contribution >= 0.6 is 11.8 Å². The zero-order valence-corrected chi connectivity index (χ0v) is 17.8. The average molecular weight is 399 g/mol. The van der Waals surface area contributed by atoms with E-state index in [0.717, 1.165) is 12.2 Å². The van der Waals surface area contributed by atoms with Gasteiger partial charge in [-0.15, -0.1) is 11.8 Å². The molecule has 28 heavy (non-hydrogen) atoms. The normalized spacial score (nSPS) is 11.7. The number of hydrogen-bond donors (Lipinski definition) is 1. The van der Waals surface area contributed by atoms with Crippen molar-refractivity contribution in [1.82, 2.24) is 10.2 Å². The molecule has 1 N–H and O–H groups in total. The third-order valence-corrected chi connectivity index (χ3v) is 5.83. The Balaban J connectivity index is 2.02. The van der Waals surface area contributed by atoms with E-state index in [9.17, 15) is 9.59 Å². The second-order valence-corrected chi connectivity index (χ2v) is 7.77. The molecule has 0 aliphatic rings. The summed E-state index contributed by atoms with van der Waals surface area (Å²) in [4.78, 5) is 27.1. The van der Waals surface area contributed by atoms with Crippen LogP contribution in [0.1, 0.15) is 30.0 Å². The number of rotatable bonds is 10. The second-order valence-electron chi connectivity index (χ2n) is 6.78. The van der Waals surface area contributed by atoms with Crippen molar-refractivity contribution in [2.24, 2.45) is 0 Å². The van der Waals surface area contributed by atoms with Gasteiger partial charge in [0.05, 0.1) is 5.75 Å². The van der Waals surface area contributed by atoms with Crippen LogP contribution in [0.4, 0.5) is 0 Å². The third-order valence-electron chi connectivity index (χ3n) is 4.86. The lowest BCUT2D eigenvalue weighted by Gasteiger charge is -2.30.